The van der Waals surface area contributed by atoms with Crippen molar-refractivity contribution < 1.29 is 24.1 Å². The molecule has 6 atom stereocenters. The molecular formula is C36H40O5. The lowest BCUT2D eigenvalue weighted by Gasteiger charge is -2.48. The van der Waals surface area contributed by atoms with Gasteiger partial charge in [0.05, 0.1) is 25.4 Å². The smallest absolute Gasteiger partial charge is 0.153 e. The van der Waals surface area contributed by atoms with Gasteiger partial charge in [0.1, 0.15) is 24.2 Å². The second kappa shape index (κ2) is 14.3. The van der Waals surface area contributed by atoms with Gasteiger partial charge in [-0.25, -0.2) is 0 Å². The summed E-state index contributed by atoms with van der Waals surface area (Å²) in [5.74, 6) is 1.49. The molecule has 0 aromatic heterocycles. The first-order valence-electron chi connectivity index (χ1n) is 14.5. The van der Waals surface area contributed by atoms with E-state index < -0.39 is 18.3 Å². The average Bonchev–Trinajstić information content (AvgIpc) is 3.02. The maximum absolute atomic E-state index is 11.6. The first-order valence-corrected chi connectivity index (χ1v) is 14.5. The van der Waals surface area contributed by atoms with Crippen molar-refractivity contribution in [1.29, 1.82) is 0 Å². The molecule has 1 saturated carbocycles. The molecule has 4 aromatic rings. The molecule has 41 heavy (non-hydrogen) atoms. The second-order valence-corrected chi connectivity index (χ2v) is 10.8. The Kier molecular flexibility index (Phi) is 10.1. The highest BCUT2D eigenvalue weighted by molar-refractivity contribution is 5.32. The van der Waals surface area contributed by atoms with Gasteiger partial charge in [0.2, 0.25) is 0 Å². The van der Waals surface area contributed by atoms with Crippen molar-refractivity contribution in [2.24, 2.45) is 11.8 Å². The zero-order valence-electron chi connectivity index (χ0n) is 23.8. The summed E-state index contributed by atoms with van der Waals surface area (Å²) >= 11 is 0. The van der Waals surface area contributed by atoms with E-state index in [1.807, 2.05) is 103 Å². The minimum Gasteiger partial charge on any atom is -0.489 e. The molecule has 0 radical (unpaired) electrons. The van der Waals surface area contributed by atoms with E-state index >= 15 is 0 Å². The molecule has 0 heterocycles. The van der Waals surface area contributed by atoms with Gasteiger partial charge in [-0.05, 0) is 52.8 Å². The molecule has 0 amide bonds. The molecule has 4 aromatic carbocycles. The van der Waals surface area contributed by atoms with Crippen LogP contribution in [0.5, 0.6) is 11.5 Å². The lowest BCUT2D eigenvalue weighted by molar-refractivity contribution is -0.211. The summed E-state index contributed by atoms with van der Waals surface area (Å²) < 4.78 is 25.6. The molecule has 5 nitrogen and oxygen atoms in total. The van der Waals surface area contributed by atoms with Gasteiger partial charge >= 0.3 is 0 Å². The molecule has 0 spiro atoms. The summed E-state index contributed by atoms with van der Waals surface area (Å²) in [5, 5.41) is 11.6. The van der Waals surface area contributed by atoms with E-state index in [2.05, 4.69) is 26.0 Å². The highest BCUT2D eigenvalue weighted by Gasteiger charge is 2.50. The number of hydrogen-bond donors (Lipinski definition) is 1. The molecule has 1 aliphatic rings. The van der Waals surface area contributed by atoms with Crippen molar-refractivity contribution in [3.05, 3.63) is 132 Å². The van der Waals surface area contributed by atoms with E-state index in [0.29, 0.717) is 25.6 Å². The number of aliphatic hydroxyl groups excluding tert-OH is 1. The first-order chi connectivity index (χ1) is 20.1. The Hall–Kier alpha value is -3.64. The molecule has 0 saturated heterocycles. The third-order valence-electron chi connectivity index (χ3n) is 8.00. The second-order valence-electron chi connectivity index (χ2n) is 10.8. The Labute approximate surface area is 243 Å². The highest BCUT2D eigenvalue weighted by Crippen LogP contribution is 2.39. The number of rotatable bonds is 12. The molecular weight excluding hydrogens is 512 g/mol. The lowest BCUT2D eigenvalue weighted by Crippen LogP contribution is -2.61. The van der Waals surface area contributed by atoms with Gasteiger partial charge in [0.15, 0.2) is 6.10 Å². The van der Waals surface area contributed by atoms with E-state index in [-0.39, 0.29) is 17.9 Å². The topological polar surface area (TPSA) is 57.2 Å². The summed E-state index contributed by atoms with van der Waals surface area (Å²) in [5.41, 5.74) is 3.27. The van der Waals surface area contributed by atoms with Gasteiger partial charge in [-0.3, -0.25) is 0 Å². The third kappa shape index (κ3) is 7.56. The van der Waals surface area contributed by atoms with Gasteiger partial charge in [-0.2, -0.15) is 0 Å². The SMILES string of the molecule is CC[C@@H]1[C@@H](C)[C@H](OCc2ccccc2)[C@@H](OCc2ccccc2)[C@H](Oc2ccc(OCc3ccccc3)cc2)[C@H]1O. The molecule has 5 heteroatoms. The zero-order valence-corrected chi connectivity index (χ0v) is 23.8. The Morgan fingerprint density at radius 3 is 1.54 bits per heavy atom. The maximum atomic E-state index is 11.6. The largest absolute Gasteiger partial charge is 0.489 e. The van der Waals surface area contributed by atoms with Gasteiger partial charge in [-0.1, -0.05) is 111 Å². The fourth-order valence-electron chi connectivity index (χ4n) is 5.71. The molecule has 1 aliphatic carbocycles. The van der Waals surface area contributed by atoms with E-state index in [4.69, 9.17) is 18.9 Å². The van der Waals surface area contributed by atoms with Crippen LogP contribution >= 0.6 is 0 Å². The maximum Gasteiger partial charge on any atom is 0.153 e. The van der Waals surface area contributed by atoms with Crippen molar-refractivity contribution in [2.75, 3.05) is 0 Å². The first kappa shape index (κ1) is 28.9. The van der Waals surface area contributed by atoms with Crippen LogP contribution in [-0.2, 0) is 29.3 Å². The molecule has 214 valence electrons. The normalized spacial score (nSPS) is 24.1. The summed E-state index contributed by atoms with van der Waals surface area (Å²) in [6.45, 7) is 5.63. The van der Waals surface area contributed by atoms with Gasteiger partial charge in [-0.15, -0.1) is 0 Å². The van der Waals surface area contributed by atoms with Crippen LogP contribution in [0.3, 0.4) is 0 Å². The van der Waals surface area contributed by atoms with Gasteiger partial charge in [0.25, 0.3) is 0 Å². The van der Waals surface area contributed by atoms with E-state index in [0.717, 1.165) is 28.9 Å². The summed E-state index contributed by atoms with van der Waals surface area (Å²) in [7, 11) is 0. The van der Waals surface area contributed by atoms with Crippen LogP contribution in [0.2, 0.25) is 0 Å². The van der Waals surface area contributed by atoms with Crippen LogP contribution in [-0.4, -0.2) is 29.5 Å². The predicted octanol–water partition coefficient (Wildman–Crippen LogP) is 7.22. The van der Waals surface area contributed by atoms with Crippen molar-refractivity contribution in [3.63, 3.8) is 0 Å². The Morgan fingerprint density at radius 2 is 1.02 bits per heavy atom. The quantitative estimate of drug-likeness (QED) is 0.201. The van der Waals surface area contributed by atoms with Crippen molar-refractivity contribution in [2.45, 2.75) is 64.5 Å². The molecule has 0 unspecified atom stereocenters. The molecule has 0 aliphatic heterocycles. The summed E-state index contributed by atoms with van der Waals surface area (Å²) in [6, 6.07) is 37.9. The number of hydrogen-bond acceptors (Lipinski definition) is 5. The number of ether oxygens (including phenoxy) is 4. The number of aliphatic hydroxyl groups is 1. The average molecular weight is 553 g/mol. The minimum atomic E-state index is -0.707. The predicted molar refractivity (Wildman–Crippen MR) is 161 cm³/mol. The molecule has 5 rings (SSSR count). The highest BCUT2D eigenvalue weighted by atomic mass is 16.6. The van der Waals surface area contributed by atoms with Crippen LogP contribution in [0.25, 0.3) is 0 Å². The minimum absolute atomic E-state index is 0.00540. The number of benzene rings is 4. The molecule has 1 fully saturated rings. The zero-order chi connectivity index (χ0) is 28.4. The third-order valence-corrected chi connectivity index (χ3v) is 8.00. The van der Waals surface area contributed by atoms with Crippen LogP contribution in [0.1, 0.15) is 37.0 Å². The van der Waals surface area contributed by atoms with Crippen LogP contribution in [0, 0.1) is 11.8 Å². The van der Waals surface area contributed by atoms with Crippen molar-refractivity contribution in [3.8, 4) is 11.5 Å². The lowest BCUT2D eigenvalue weighted by atomic mass is 9.72. The Bertz CT molecular complexity index is 1300. The van der Waals surface area contributed by atoms with E-state index in [1.54, 1.807) is 0 Å². The van der Waals surface area contributed by atoms with E-state index in [9.17, 15) is 5.11 Å². The Balaban J connectivity index is 1.35. The van der Waals surface area contributed by atoms with Gasteiger partial charge in [0, 0.05) is 0 Å². The van der Waals surface area contributed by atoms with Crippen molar-refractivity contribution in [1.82, 2.24) is 0 Å². The molecule has 0 bridgehead atoms. The van der Waals surface area contributed by atoms with Crippen molar-refractivity contribution >= 4 is 0 Å². The van der Waals surface area contributed by atoms with Crippen LogP contribution in [0.4, 0.5) is 0 Å². The monoisotopic (exact) mass is 552 g/mol. The van der Waals surface area contributed by atoms with Crippen LogP contribution < -0.4 is 9.47 Å². The van der Waals surface area contributed by atoms with Crippen LogP contribution in [0.15, 0.2) is 115 Å². The fraction of sp³-hybridized carbons (Fsp3) is 0.333. The van der Waals surface area contributed by atoms with E-state index in [1.165, 1.54) is 0 Å². The fourth-order valence-corrected chi connectivity index (χ4v) is 5.71. The standard InChI is InChI=1S/C36H40O5/c1-3-32-26(2)34(39-24-28-15-9-5-10-16-28)36(40-25-29-17-11-6-12-18-29)35(33(32)37)41-31-21-19-30(20-22-31)38-23-27-13-7-4-8-14-27/h4-22,26,32-37H,3,23-25H2,1-2H3/t26-,32-,33+,34+,35-,36-/m1/s1. The molecule has 1 N–H and O–H groups in total. The summed E-state index contributed by atoms with van der Waals surface area (Å²) in [4.78, 5) is 0. The van der Waals surface area contributed by atoms with Gasteiger partial charge < -0.3 is 24.1 Å². The summed E-state index contributed by atoms with van der Waals surface area (Å²) in [6.07, 6.45) is -1.23. The Morgan fingerprint density at radius 1 is 0.561 bits per heavy atom.